The van der Waals surface area contributed by atoms with Crippen LogP contribution in [0.4, 0.5) is 5.69 Å². The lowest BCUT2D eigenvalue weighted by molar-refractivity contribution is 0.325. The molecule has 138 valence electrons. The summed E-state index contributed by atoms with van der Waals surface area (Å²) in [6, 6.07) is 8.10. The topological polar surface area (TPSA) is 103 Å². The molecule has 2 N–H and O–H groups in total. The number of hydrogen-bond donors (Lipinski definition) is 2. The van der Waals surface area contributed by atoms with Crippen LogP contribution in [0.1, 0.15) is 0 Å². The van der Waals surface area contributed by atoms with Crippen molar-refractivity contribution in [2.75, 3.05) is 26.1 Å². The van der Waals surface area contributed by atoms with Gasteiger partial charge in [-0.25, -0.2) is 8.42 Å². The third-order valence-corrected chi connectivity index (χ3v) is 6.52. The lowest BCUT2D eigenvalue weighted by Gasteiger charge is -2.14. The number of sulfonamides is 1. The molecule has 8 nitrogen and oxygen atoms in total. The van der Waals surface area contributed by atoms with Gasteiger partial charge in [0, 0.05) is 18.3 Å². The molecule has 0 aliphatic heterocycles. The van der Waals surface area contributed by atoms with E-state index < -0.39 is 10.0 Å². The standard InChI is InChI=1S/C16H17N3O5S2/c1-22-12-8-10(9-13(23-2)16(12)24-3)19-26(20,21)15-5-4-14(25-15)11-6-7-17-18-11/h4-9,19H,1-3H3,(H,17,18). The van der Waals surface area contributed by atoms with Crippen molar-refractivity contribution in [2.24, 2.45) is 0 Å². The number of nitrogens with zero attached hydrogens (tertiary/aromatic N) is 1. The first-order valence-corrected chi connectivity index (χ1v) is 9.71. The number of anilines is 1. The van der Waals surface area contributed by atoms with Gasteiger partial charge in [0.25, 0.3) is 10.0 Å². The fourth-order valence-corrected chi connectivity index (χ4v) is 4.67. The lowest BCUT2D eigenvalue weighted by Crippen LogP contribution is -2.11. The summed E-state index contributed by atoms with van der Waals surface area (Å²) in [5.41, 5.74) is 1.06. The Hall–Kier alpha value is -2.72. The predicted molar refractivity (Wildman–Crippen MR) is 98.8 cm³/mol. The van der Waals surface area contributed by atoms with Crippen LogP contribution in [0.15, 0.2) is 40.7 Å². The minimum absolute atomic E-state index is 0.177. The van der Waals surface area contributed by atoms with Gasteiger partial charge in [0.2, 0.25) is 5.75 Å². The van der Waals surface area contributed by atoms with Crippen LogP contribution in [0.2, 0.25) is 0 Å². The van der Waals surface area contributed by atoms with Crippen molar-refractivity contribution in [2.45, 2.75) is 4.21 Å². The fourth-order valence-electron chi connectivity index (χ4n) is 2.35. The molecule has 1 aromatic carbocycles. The quantitative estimate of drug-likeness (QED) is 0.638. The molecule has 0 fully saturated rings. The summed E-state index contributed by atoms with van der Waals surface area (Å²) in [7, 11) is 0.636. The highest BCUT2D eigenvalue weighted by Gasteiger charge is 2.20. The van der Waals surface area contributed by atoms with E-state index in [0.29, 0.717) is 22.9 Å². The van der Waals surface area contributed by atoms with E-state index in [1.54, 1.807) is 24.4 Å². The Labute approximate surface area is 154 Å². The first kappa shape index (κ1) is 18.1. The van der Waals surface area contributed by atoms with E-state index in [0.717, 1.165) is 21.9 Å². The lowest BCUT2D eigenvalue weighted by atomic mass is 10.2. The van der Waals surface area contributed by atoms with Crippen LogP contribution in [0.25, 0.3) is 10.6 Å². The largest absolute Gasteiger partial charge is 0.493 e. The third-order valence-electron chi connectivity index (χ3n) is 3.53. The number of aromatic nitrogens is 2. The van der Waals surface area contributed by atoms with Crippen LogP contribution in [-0.4, -0.2) is 39.9 Å². The minimum atomic E-state index is -3.77. The second kappa shape index (κ2) is 7.26. The molecule has 0 spiro atoms. The highest BCUT2D eigenvalue weighted by Crippen LogP contribution is 2.40. The molecule has 10 heteroatoms. The van der Waals surface area contributed by atoms with Gasteiger partial charge in [0.15, 0.2) is 11.5 Å². The molecule has 3 aromatic rings. The number of thiophene rings is 1. The number of methoxy groups -OCH3 is 3. The van der Waals surface area contributed by atoms with Crippen LogP contribution in [0.5, 0.6) is 17.2 Å². The smallest absolute Gasteiger partial charge is 0.271 e. The molecule has 3 rings (SSSR count). The van der Waals surface area contributed by atoms with Crippen LogP contribution in [-0.2, 0) is 10.0 Å². The molecule has 0 radical (unpaired) electrons. The molecule has 0 unspecified atom stereocenters. The normalized spacial score (nSPS) is 11.2. The van der Waals surface area contributed by atoms with Crippen molar-refractivity contribution < 1.29 is 22.6 Å². The number of rotatable bonds is 7. The minimum Gasteiger partial charge on any atom is -0.493 e. The molecule has 26 heavy (non-hydrogen) atoms. The Kier molecular flexibility index (Phi) is 5.05. The van der Waals surface area contributed by atoms with Crippen molar-refractivity contribution in [3.8, 4) is 27.8 Å². The van der Waals surface area contributed by atoms with Gasteiger partial charge in [-0.3, -0.25) is 9.82 Å². The average molecular weight is 395 g/mol. The molecule has 0 bridgehead atoms. The van der Waals surface area contributed by atoms with E-state index in [9.17, 15) is 8.42 Å². The second-order valence-electron chi connectivity index (χ2n) is 5.11. The first-order valence-electron chi connectivity index (χ1n) is 7.41. The van der Waals surface area contributed by atoms with Gasteiger partial charge in [0.05, 0.1) is 37.6 Å². The summed E-state index contributed by atoms with van der Waals surface area (Å²) >= 11 is 1.14. The molecule has 0 saturated heterocycles. The van der Waals surface area contributed by atoms with Gasteiger partial charge >= 0.3 is 0 Å². The maximum absolute atomic E-state index is 12.7. The molecule has 0 aliphatic rings. The molecular formula is C16H17N3O5S2. The van der Waals surface area contributed by atoms with Crippen LogP contribution < -0.4 is 18.9 Å². The van der Waals surface area contributed by atoms with Gasteiger partial charge in [-0.15, -0.1) is 11.3 Å². The molecule has 2 heterocycles. The molecule has 2 aromatic heterocycles. The van der Waals surface area contributed by atoms with Crippen molar-refractivity contribution in [3.63, 3.8) is 0 Å². The van der Waals surface area contributed by atoms with Crippen LogP contribution in [0, 0.1) is 0 Å². The fraction of sp³-hybridized carbons (Fsp3) is 0.188. The van der Waals surface area contributed by atoms with Crippen LogP contribution in [0.3, 0.4) is 0 Å². The molecule has 0 aliphatic carbocycles. The first-order chi connectivity index (χ1) is 12.5. The van der Waals surface area contributed by atoms with E-state index >= 15 is 0 Å². The van der Waals surface area contributed by atoms with Gasteiger partial charge in [-0.05, 0) is 18.2 Å². The molecule has 0 saturated carbocycles. The summed E-state index contributed by atoms with van der Waals surface area (Å²) in [5.74, 6) is 1.10. The number of H-pyrrole nitrogens is 1. The Morgan fingerprint density at radius 1 is 1.04 bits per heavy atom. The summed E-state index contributed by atoms with van der Waals surface area (Å²) in [4.78, 5) is 0.771. The zero-order chi connectivity index (χ0) is 18.7. The number of ether oxygens (including phenoxy) is 3. The number of benzene rings is 1. The SMILES string of the molecule is COc1cc(NS(=O)(=O)c2ccc(-c3ccn[nH]3)s2)cc(OC)c1OC. The van der Waals surface area contributed by atoms with Gasteiger partial charge < -0.3 is 14.2 Å². The predicted octanol–water partition coefficient (Wildman–Crippen LogP) is 2.96. The van der Waals surface area contributed by atoms with E-state index in [-0.39, 0.29) is 4.21 Å². The summed E-state index contributed by atoms with van der Waals surface area (Å²) < 4.78 is 43.8. The summed E-state index contributed by atoms with van der Waals surface area (Å²) in [6.07, 6.45) is 1.61. The van der Waals surface area contributed by atoms with Gasteiger partial charge in [0.1, 0.15) is 4.21 Å². The maximum atomic E-state index is 12.7. The highest BCUT2D eigenvalue weighted by molar-refractivity contribution is 7.94. The van der Waals surface area contributed by atoms with E-state index in [1.807, 2.05) is 0 Å². The number of nitrogens with one attached hydrogen (secondary N) is 2. The van der Waals surface area contributed by atoms with Gasteiger partial charge in [-0.2, -0.15) is 5.10 Å². The van der Waals surface area contributed by atoms with Crippen LogP contribution >= 0.6 is 11.3 Å². The van der Waals surface area contributed by atoms with Crippen molar-refractivity contribution in [3.05, 3.63) is 36.5 Å². The number of hydrogen-bond acceptors (Lipinski definition) is 7. The maximum Gasteiger partial charge on any atom is 0.271 e. The second-order valence-corrected chi connectivity index (χ2v) is 8.10. The zero-order valence-corrected chi connectivity index (χ0v) is 15.9. The van der Waals surface area contributed by atoms with Gasteiger partial charge in [-0.1, -0.05) is 0 Å². The zero-order valence-electron chi connectivity index (χ0n) is 14.3. The highest BCUT2D eigenvalue weighted by atomic mass is 32.2. The Morgan fingerprint density at radius 2 is 1.73 bits per heavy atom. The Bertz CT molecular complexity index is 972. The Balaban J connectivity index is 1.92. The third kappa shape index (κ3) is 3.46. The van der Waals surface area contributed by atoms with Crippen molar-refractivity contribution in [1.29, 1.82) is 0 Å². The van der Waals surface area contributed by atoms with Crippen molar-refractivity contribution >= 4 is 27.0 Å². The van der Waals surface area contributed by atoms with E-state index in [2.05, 4.69) is 14.9 Å². The summed E-state index contributed by atoms with van der Waals surface area (Å²) in [6.45, 7) is 0. The summed E-state index contributed by atoms with van der Waals surface area (Å²) in [5, 5.41) is 6.68. The monoisotopic (exact) mass is 395 g/mol. The van der Waals surface area contributed by atoms with E-state index in [1.165, 1.54) is 33.5 Å². The van der Waals surface area contributed by atoms with Crippen molar-refractivity contribution in [1.82, 2.24) is 10.2 Å². The average Bonchev–Trinajstić information content (AvgIpc) is 3.31. The Morgan fingerprint density at radius 3 is 2.27 bits per heavy atom. The molecular weight excluding hydrogens is 378 g/mol. The molecule has 0 atom stereocenters. The van der Waals surface area contributed by atoms with E-state index in [4.69, 9.17) is 14.2 Å². The molecule has 0 amide bonds. The number of aromatic amines is 1.